The summed E-state index contributed by atoms with van der Waals surface area (Å²) < 4.78 is 68.4. The Morgan fingerprint density at radius 2 is 2.10 bits per heavy atom. The number of amides is 1. The molecule has 4 unspecified atom stereocenters. The van der Waals surface area contributed by atoms with Gasteiger partial charge in [0.15, 0.2) is 5.82 Å². The fourth-order valence-electron chi connectivity index (χ4n) is 7.72. The van der Waals surface area contributed by atoms with Gasteiger partial charge in [-0.25, -0.2) is 22.4 Å². The van der Waals surface area contributed by atoms with Crippen molar-refractivity contribution in [2.75, 3.05) is 50.0 Å². The maximum absolute atomic E-state index is 17.0. The topological polar surface area (TPSA) is 92.2 Å². The third-order valence-corrected chi connectivity index (χ3v) is 11.3. The van der Waals surface area contributed by atoms with Crippen molar-refractivity contribution >= 4 is 66.3 Å². The Labute approximate surface area is 288 Å². The van der Waals surface area contributed by atoms with Gasteiger partial charge in [0.25, 0.3) is 0 Å². The Kier molecular flexibility index (Phi) is 8.57. The number of nitrogens with zero attached hydrogens (tertiary/aromatic N) is 6. The number of hydrogen-bond acceptors (Lipinski definition) is 8. The third kappa shape index (κ3) is 5.43. The van der Waals surface area contributed by atoms with Crippen LogP contribution in [0.3, 0.4) is 0 Å². The van der Waals surface area contributed by atoms with Crippen molar-refractivity contribution in [3.8, 4) is 17.1 Å². The monoisotopic (exact) mass is 713 g/mol. The molecule has 4 aromatic rings. The number of aromatic nitrogens is 2. The van der Waals surface area contributed by atoms with Gasteiger partial charge in [-0.2, -0.15) is 9.97 Å². The lowest BCUT2D eigenvalue weighted by molar-refractivity contribution is -0.125. The van der Waals surface area contributed by atoms with Crippen LogP contribution in [-0.2, 0) is 4.79 Å². The van der Waals surface area contributed by atoms with Crippen molar-refractivity contribution < 1.29 is 27.1 Å². The molecule has 2 N–H and O–H groups in total. The van der Waals surface area contributed by atoms with E-state index in [0.29, 0.717) is 6.54 Å². The van der Waals surface area contributed by atoms with Crippen LogP contribution in [0.2, 0.25) is 5.02 Å². The smallest absolute Gasteiger partial charge is 0.319 e. The summed E-state index contributed by atoms with van der Waals surface area (Å²) in [7, 11) is 0. The number of likely N-dealkylation sites (N-methyl/N-ethyl adjacent to an activating group) is 1. The second-order valence-electron chi connectivity index (χ2n) is 12.7. The van der Waals surface area contributed by atoms with Gasteiger partial charge in [-0.1, -0.05) is 24.2 Å². The summed E-state index contributed by atoms with van der Waals surface area (Å²) >= 11 is 7.70. The number of alkyl halides is 2. The number of hydrogen-bond donors (Lipinski definition) is 1. The van der Waals surface area contributed by atoms with Crippen molar-refractivity contribution in [3.05, 3.63) is 58.9 Å². The van der Waals surface area contributed by atoms with E-state index in [9.17, 15) is 13.6 Å². The van der Waals surface area contributed by atoms with Gasteiger partial charge >= 0.3 is 6.01 Å². The molecular weight excluding hydrogens is 682 g/mol. The van der Waals surface area contributed by atoms with Gasteiger partial charge in [-0.05, 0) is 50.1 Å². The SMILES string of the molecule is [C-]#[N+]c1c(N)sc2c(F)ccc(-c3c(Cl)cc4c(N(CC)C5CN(C(=O)C=C)CC5F)nc(OCC56CCCN5CC(F)C6)nc4c3F)c12. The number of rotatable bonds is 8. The fourth-order valence-corrected chi connectivity index (χ4v) is 8.95. The molecule has 9 nitrogen and oxygen atoms in total. The molecule has 4 atom stereocenters. The molecule has 15 heteroatoms. The second-order valence-corrected chi connectivity index (χ2v) is 14.1. The Bertz CT molecular complexity index is 2060. The highest BCUT2D eigenvalue weighted by Gasteiger charge is 2.49. The highest BCUT2D eigenvalue weighted by Crippen LogP contribution is 2.49. The lowest BCUT2D eigenvalue weighted by Crippen LogP contribution is -2.44. The Hall–Kier alpha value is -4.19. The van der Waals surface area contributed by atoms with Crippen LogP contribution in [-0.4, -0.2) is 88.9 Å². The van der Waals surface area contributed by atoms with E-state index in [1.807, 2.05) is 0 Å². The number of benzene rings is 2. The van der Waals surface area contributed by atoms with E-state index in [4.69, 9.17) is 28.6 Å². The van der Waals surface area contributed by atoms with Gasteiger partial charge in [-0.15, -0.1) is 11.3 Å². The maximum Gasteiger partial charge on any atom is 0.319 e. The van der Waals surface area contributed by atoms with Crippen molar-refractivity contribution in [2.24, 2.45) is 0 Å². The van der Waals surface area contributed by atoms with Gasteiger partial charge in [0.05, 0.1) is 39.4 Å². The standard InChI is InChI=1S/C34H32ClF4N7O2S/c1-4-24(47)44-14-22(38)23(15-44)46(5-2)32-19-11-20(35)25(18-7-8-21(37)30-26(18)29(41-3)31(40)49-30)27(39)28(19)42-33(43-32)48-16-34-9-6-10-45(34)13-17(36)12-34/h4,7-8,11,17,22-23H,1,5-6,9-10,12-16,40H2,2H3. The zero-order chi connectivity index (χ0) is 34.8. The minimum absolute atomic E-state index is 0.0217. The van der Waals surface area contributed by atoms with Crippen LogP contribution in [0, 0.1) is 18.2 Å². The number of carbonyl (C=O) groups is 1. The van der Waals surface area contributed by atoms with Gasteiger partial charge < -0.3 is 20.3 Å². The Balaban J connectivity index is 1.40. The van der Waals surface area contributed by atoms with Gasteiger partial charge in [0.2, 0.25) is 11.6 Å². The molecule has 3 saturated heterocycles. The molecule has 7 rings (SSSR count). The molecule has 49 heavy (non-hydrogen) atoms. The lowest BCUT2D eigenvalue weighted by atomic mass is 9.95. The van der Waals surface area contributed by atoms with Crippen LogP contribution in [0.25, 0.3) is 37.0 Å². The summed E-state index contributed by atoms with van der Waals surface area (Å²) in [6.07, 6.45) is 0.541. The van der Waals surface area contributed by atoms with Crippen molar-refractivity contribution in [1.82, 2.24) is 19.8 Å². The number of nitrogen functional groups attached to an aromatic ring is 1. The summed E-state index contributed by atoms with van der Waals surface area (Å²) in [6.45, 7) is 14.2. The number of carbonyl (C=O) groups excluding carboxylic acids is 1. The summed E-state index contributed by atoms with van der Waals surface area (Å²) in [5, 5.41) is 0.274. The molecule has 2 aromatic heterocycles. The summed E-state index contributed by atoms with van der Waals surface area (Å²) in [4.78, 5) is 30.1. The molecule has 3 fully saturated rings. The summed E-state index contributed by atoms with van der Waals surface area (Å²) in [5.74, 6) is -1.79. The van der Waals surface area contributed by atoms with Crippen LogP contribution in [0.1, 0.15) is 26.2 Å². The first kappa shape index (κ1) is 33.3. The molecule has 0 aliphatic carbocycles. The molecular formula is C34H32ClF4N7O2S. The quantitative estimate of drug-likeness (QED) is 0.118. The Morgan fingerprint density at radius 1 is 1.31 bits per heavy atom. The van der Waals surface area contributed by atoms with E-state index in [2.05, 4.69) is 26.3 Å². The number of thiophene rings is 1. The number of halogens is 5. The minimum Gasteiger partial charge on any atom is -0.461 e. The molecule has 2 aromatic carbocycles. The van der Waals surface area contributed by atoms with Gasteiger partial charge in [0, 0.05) is 42.4 Å². The van der Waals surface area contributed by atoms with E-state index in [1.165, 1.54) is 17.0 Å². The molecule has 0 saturated carbocycles. The number of ether oxygens (including phenoxy) is 1. The molecule has 0 bridgehead atoms. The molecule has 3 aliphatic heterocycles. The largest absolute Gasteiger partial charge is 0.461 e. The number of likely N-dealkylation sites (tertiary alicyclic amines) is 1. The van der Waals surface area contributed by atoms with Crippen LogP contribution in [0.4, 0.5) is 34.1 Å². The summed E-state index contributed by atoms with van der Waals surface area (Å²) in [5.41, 5.74) is 5.29. The van der Waals surface area contributed by atoms with Crippen LogP contribution < -0.4 is 15.4 Å². The van der Waals surface area contributed by atoms with E-state index in [0.717, 1.165) is 42.9 Å². The predicted molar refractivity (Wildman–Crippen MR) is 183 cm³/mol. The van der Waals surface area contributed by atoms with Gasteiger partial charge in [0.1, 0.15) is 36.1 Å². The first-order chi connectivity index (χ1) is 23.5. The van der Waals surface area contributed by atoms with E-state index >= 15 is 8.78 Å². The molecule has 0 radical (unpaired) electrons. The first-order valence-electron chi connectivity index (χ1n) is 15.9. The maximum atomic E-state index is 17.0. The van der Waals surface area contributed by atoms with Gasteiger partial charge in [-0.3, -0.25) is 9.69 Å². The highest BCUT2D eigenvalue weighted by molar-refractivity contribution is 7.23. The van der Waals surface area contributed by atoms with E-state index < -0.39 is 41.5 Å². The zero-order valence-electron chi connectivity index (χ0n) is 26.5. The normalized spacial score (nSPS) is 23.7. The highest BCUT2D eigenvalue weighted by atomic mass is 35.5. The average molecular weight is 714 g/mol. The van der Waals surface area contributed by atoms with Crippen molar-refractivity contribution in [2.45, 2.75) is 50.1 Å². The molecule has 0 spiro atoms. The lowest BCUT2D eigenvalue weighted by Gasteiger charge is -2.32. The molecule has 1 amide bonds. The number of anilines is 2. The zero-order valence-corrected chi connectivity index (χ0v) is 28.1. The van der Waals surface area contributed by atoms with Crippen LogP contribution in [0.5, 0.6) is 6.01 Å². The van der Waals surface area contributed by atoms with E-state index in [1.54, 1.807) is 11.8 Å². The minimum atomic E-state index is -1.47. The van der Waals surface area contributed by atoms with E-state index in [-0.39, 0.29) is 92.3 Å². The molecule has 5 heterocycles. The molecule has 3 aliphatic rings. The predicted octanol–water partition coefficient (Wildman–Crippen LogP) is 7.09. The number of nitrogens with two attached hydrogens (primary N) is 1. The number of fused-ring (bicyclic) bond motifs is 3. The Morgan fingerprint density at radius 3 is 2.84 bits per heavy atom. The first-order valence-corrected chi connectivity index (χ1v) is 17.1. The molecule has 256 valence electrons. The van der Waals surface area contributed by atoms with Crippen molar-refractivity contribution in [1.29, 1.82) is 0 Å². The van der Waals surface area contributed by atoms with Crippen molar-refractivity contribution in [3.63, 3.8) is 0 Å². The average Bonchev–Trinajstić information content (AvgIpc) is 3.82. The van der Waals surface area contributed by atoms with Crippen LogP contribution >= 0.6 is 22.9 Å². The third-order valence-electron chi connectivity index (χ3n) is 9.97. The second kappa shape index (κ2) is 12.6. The summed E-state index contributed by atoms with van der Waals surface area (Å²) in [6, 6.07) is 2.90. The van der Waals surface area contributed by atoms with Crippen LogP contribution in [0.15, 0.2) is 30.9 Å². The fraction of sp³-hybridized carbons (Fsp3) is 0.412.